The van der Waals surface area contributed by atoms with Crippen LogP contribution in [0, 0.1) is 10.1 Å². The molecule has 0 bridgehead atoms. The Kier molecular flexibility index (Phi) is 6.12. The molecular weight excluding hydrogens is 456 g/mol. The van der Waals surface area contributed by atoms with Gasteiger partial charge in [0.25, 0.3) is 5.69 Å². The maximum atomic E-state index is 13.4. The van der Waals surface area contributed by atoms with Crippen LogP contribution < -0.4 is 10.3 Å². The highest BCUT2D eigenvalue weighted by Gasteiger charge is 2.22. The van der Waals surface area contributed by atoms with Gasteiger partial charge in [0.2, 0.25) is 5.13 Å². The number of nitro benzene ring substituents is 1. The zero-order chi connectivity index (χ0) is 24.5. The van der Waals surface area contributed by atoms with Crippen LogP contribution in [0.2, 0.25) is 0 Å². The Morgan fingerprint density at radius 1 is 1.15 bits per heavy atom. The number of azo groups is 1. The molecule has 2 heterocycles. The Labute approximate surface area is 198 Å². The third kappa shape index (κ3) is 4.50. The predicted molar refractivity (Wildman–Crippen MR) is 130 cm³/mol. The lowest BCUT2D eigenvalue weighted by atomic mass is 9.93. The van der Waals surface area contributed by atoms with Crippen LogP contribution >= 0.6 is 11.3 Å². The van der Waals surface area contributed by atoms with E-state index in [0.29, 0.717) is 10.8 Å². The summed E-state index contributed by atoms with van der Waals surface area (Å²) in [6, 6.07) is 13.3. The molecule has 2 aromatic heterocycles. The van der Waals surface area contributed by atoms with E-state index in [9.17, 15) is 14.9 Å². The Balaban J connectivity index is 1.83. The number of non-ortho nitro benzene ring substituents is 1. The molecule has 0 fully saturated rings. The summed E-state index contributed by atoms with van der Waals surface area (Å²) in [5.41, 5.74) is 1.71. The summed E-state index contributed by atoms with van der Waals surface area (Å²) >= 11 is 1.35. The average Bonchev–Trinajstić information content (AvgIpc) is 3.43. The third-order valence-electron chi connectivity index (χ3n) is 5.01. The molecule has 0 atom stereocenters. The molecule has 0 radical (unpaired) electrons. The summed E-state index contributed by atoms with van der Waals surface area (Å²) in [6.07, 6.45) is 0. The van der Waals surface area contributed by atoms with Gasteiger partial charge in [-0.3, -0.25) is 20.0 Å². The number of benzene rings is 2. The van der Waals surface area contributed by atoms with Crippen molar-refractivity contribution < 1.29 is 9.66 Å². The lowest BCUT2D eigenvalue weighted by Crippen LogP contribution is -2.16. The van der Waals surface area contributed by atoms with Crippen molar-refractivity contribution in [3.05, 3.63) is 80.1 Å². The molecule has 11 heteroatoms. The number of thiazole rings is 1. The van der Waals surface area contributed by atoms with Gasteiger partial charge in [0.15, 0.2) is 11.4 Å². The molecular formula is C23H22N6O4S. The second-order valence-corrected chi connectivity index (χ2v) is 9.26. The van der Waals surface area contributed by atoms with Crippen LogP contribution in [0.3, 0.4) is 0 Å². The topological polar surface area (TPSA) is 128 Å². The second kappa shape index (κ2) is 9.02. The van der Waals surface area contributed by atoms with Gasteiger partial charge >= 0.3 is 5.56 Å². The first kappa shape index (κ1) is 23.1. The highest BCUT2D eigenvalue weighted by atomic mass is 32.1. The molecule has 0 saturated heterocycles. The summed E-state index contributed by atoms with van der Waals surface area (Å²) in [4.78, 5) is 28.5. The summed E-state index contributed by atoms with van der Waals surface area (Å²) in [6.45, 7) is 6.15. The van der Waals surface area contributed by atoms with Crippen LogP contribution in [0.25, 0.3) is 16.4 Å². The number of rotatable bonds is 6. The molecule has 174 valence electrons. The highest BCUT2D eigenvalue weighted by molar-refractivity contribution is 7.12. The minimum atomic E-state index is -0.526. The Morgan fingerprint density at radius 2 is 1.88 bits per heavy atom. The van der Waals surface area contributed by atoms with Crippen LogP contribution in [0.5, 0.6) is 5.75 Å². The Bertz CT molecular complexity index is 1430. The van der Waals surface area contributed by atoms with Crippen molar-refractivity contribution >= 4 is 28.4 Å². The van der Waals surface area contributed by atoms with Gasteiger partial charge in [0.1, 0.15) is 5.69 Å². The summed E-state index contributed by atoms with van der Waals surface area (Å²) < 4.78 is 6.57. The van der Waals surface area contributed by atoms with E-state index in [1.807, 2.05) is 35.7 Å². The van der Waals surface area contributed by atoms with Crippen molar-refractivity contribution in [3.8, 4) is 22.1 Å². The highest BCUT2D eigenvalue weighted by Crippen LogP contribution is 2.34. The van der Waals surface area contributed by atoms with Crippen LogP contribution in [0.4, 0.5) is 17.1 Å². The molecule has 0 unspecified atom stereocenters. The van der Waals surface area contributed by atoms with Gasteiger partial charge in [-0.25, -0.2) is 4.98 Å². The van der Waals surface area contributed by atoms with Crippen LogP contribution in [-0.4, -0.2) is 26.8 Å². The van der Waals surface area contributed by atoms with E-state index >= 15 is 0 Å². The van der Waals surface area contributed by atoms with Crippen molar-refractivity contribution in [3.63, 3.8) is 0 Å². The smallest absolute Gasteiger partial charge is 0.301 e. The van der Waals surface area contributed by atoms with E-state index < -0.39 is 10.5 Å². The molecule has 10 nitrogen and oxygen atoms in total. The second-order valence-electron chi connectivity index (χ2n) is 8.42. The summed E-state index contributed by atoms with van der Waals surface area (Å²) in [5, 5.41) is 25.0. The van der Waals surface area contributed by atoms with E-state index in [2.05, 4.69) is 41.1 Å². The van der Waals surface area contributed by atoms with Crippen molar-refractivity contribution in [2.75, 3.05) is 7.11 Å². The fraction of sp³-hybridized carbons (Fsp3) is 0.217. The first-order valence-corrected chi connectivity index (χ1v) is 11.2. The monoisotopic (exact) mass is 478 g/mol. The number of ether oxygens (including phenoxy) is 1. The lowest BCUT2D eigenvalue weighted by Gasteiger charge is -2.14. The lowest BCUT2D eigenvalue weighted by molar-refractivity contribution is -0.384. The fourth-order valence-electron chi connectivity index (χ4n) is 3.14. The zero-order valence-corrected chi connectivity index (χ0v) is 19.8. The number of nitro groups is 1. The predicted octanol–water partition coefficient (Wildman–Crippen LogP) is 5.92. The van der Waals surface area contributed by atoms with E-state index in [1.54, 1.807) is 0 Å². The molecule has 2 aromatic carbocycles. The quantitative estimate of drug-likeness (QED) is 0.209. The maximum absolute atomic E-state index is 13.4. The summed E-state index contributed by atoms with van der Waals surface area (Å²) in [5.74, 6) is 0.171. The summed E-state index contributed by atoms with van der Waals surface area (Å²) in [7, 11) is 1.38. The van der Waals surface area contributed by atoms with E-state index in [1.165, 1.54) is 41.3 Å². The molecule has 0 aliphatic rings. The van der Waals surface area contributed by atoms with Gasteiger partial charge in [0, 0.05) is 22.4 Å². The molecule has 1 N–H and O–H groups in total. The third-order valence-corrected chi connectivity index (χ3v) is 5.84. The number of aromatic nitrogens is 3. The number of nitrogens with zero attached hydrogens (tertiary/aromatic N) is 5. The van der Waals surface area contributed by atoms with E-state index in [4.69, 9.17) is 4.74 Å². The van der Waals surface area contributed by atoms with Crippen molar-refractivity contribution in [2.45, 2.75) is 26.2 Å². The molecule has 0 aliphatic heterocycles. The van der Waals surface area contributed by atoms with Gasteiger partial charge < -0.3 is 4.74 Å². The molecule has 4 aromatic rings. The van der Waals surface area contributed by atoms with Gasteiger partial charge in [-0.2, -0.15) is 4.68 Å². The first-order valence-electron chi connectivity index (χ1n) is 10.3. The van der Waals surface area contributed by atoms with Crippen LogP contribution in [0.15, 0.2) is 68.9 Å². The van der Waals surface area contributed by atoms with Crippen molar-refractivity contribution in [1.82, 2.24) is 14.8 Å². The minimum Gasteiger partial charge on any atom is -0.494 e. The number of aromatic amines is 1. The fourth-order valence-corrected chi connectivity index (χ4v) is 4.15. The van der Waals surface area contributed by atoms with E-state index in [-0.39, 0.29) is 28.2 Å². The molecule has 0 spiro atoms. The SMILES string of the molecule is COc1cc([N+](=O)[O-])ccc1N=Nc1c(-c2ccccc2)[nH]n(-c2nc(C(C)(C)C)cs2)c1=O. The Hall–Kier alpha value is -4.12. The van der Waals surface area contributed by atoms with Gasteiger partial charge in [-0.1, -0.05) is 51.1 Å². The minimum absolute atomic E-state index is 0.0825. The average molecular weight is 479 g/mol. The van der Waals surface area contributed by atoms with Gasteiger partial charge in [-0.05, 0) is 6.07 Å². The van der Waals surface area contributed by atoms with Crippen LogP contribution in [0.1, 0.15) is 26.5 Å². The maximum Gasteiger partial charge on any atom is 0.301 e. The molecule has 34 heavy (non-hydrogen) atoms. The number of hydrogen-bond acceptors (Lipinski definition) is 8. The van der Waals surface area contributed by atoms with Crippen molar-refractivity contribution in [1.29, 1.82) is 0 Å². The van der Waals surface area contributed by atoms with E-state index in [0.717, 1.165) is 11.3 Å². The van der Waals surface area contributed by atoms with Crippen LogP contribution in [-0.2, 0) is 5.41 Å². The first-order chi connectivity index (χ1) is 16.2. The molecule has 0 saturated carbocycles. The number of hydrogen-bond donors (Lipinski definition) is 1. The molecule has 0 amide bonds. The van der Waals surface area contributed by atoms with Crippen molar-refractivity contribution in [2.24, 2.45) is 10.2 Å². The Morgan fingerprint density at radius 3 is 2.50 bits per heavy atom. The number of methoxy groups -OCH3 is 1. The molecule has 0 aliphatic carbocycles. The largest absolute Gasteiger partial charge is 0.494 e. The number of H-pyrrole nitrogens is 1. The normalized spacial score (nSPS) is 11.8. The number of nitrogens with one attached hydrogen (secondary N) is 1. The van der Waals surface area contributed by atoms with Gasteiger partial charge in [0.05, 0.1) is 29.5 Å². The molecule has 4 rings (SSSR count). The zero-order valence-electron chi connectivity index (χ0n) is 19.0. The van der Waals surface area contributed by atoms with Gasteiger partial charge in [-0.15, -0.1) is 21.6 Å². The standard InChI is InChI=1S/C23H22N6O4S/c1-23(2,3)18-13-34-22(24-18)28-21(30)20(19(27-28)14-8-6-5-7-9-14)26-25-16-11-10-15(29(31)32)12-17(16)33-4/h5-13,27H,1-4H3.